The van der Waals surface area contributed by atoms with Gasteiger partial charge in [-0.2, -0.15) is 0 Å². The van der Waals surface area contributed by atoms with Gasteiger partial charge >= 0.3 is 0 Å². The molecule has 1 aliphatic carbocycles. The summed E-state index contributed by atoms with van der Waals surface area (Å²) in [6.07, 6.45) is 0.00383. The molecular weight excluding hydrogens is 362 g/mol. The molecule has 0 heterocycles. The average Bonchev–Trinajstić information content (AvgIpc) is 3.08. The van der Waals surface area contributed by atoms with Crippen LogP contribution in [-0.2, 0) is 4.79 Å². The lowest BCUT2D eigenvalue weighted by atomic mass is 9.95. The summed E-state index contributed by atoms with van der Waals surface area (Å²) in [4.78, 5) is 12.7. The van der Waals surface area contributed by atoms with Crippen molar-refractivity contribution >= 4 is 22.6 Å². The Morgan fingerprint density at radius 2 is 1.43 bits per heavy atom. The molecule has 1 aliphatic rings. The van der Waals surface area contributed by atoms with E-state index in [1.165, 1.54) is 21.3 Å². The summed E-state index contributed by atoms with van der Waals surface area (Å²) in [7, 11) is 6.12. The number of oxime groups is 1. The molecule has 0 amide bonds. The first kappa shape index (κ1) is 19.3. The molecule has 3 rings (SSSR count). The van der Waals surface area contributed by atoms with Crippen LogP contribution in [0.1, 0.15) is 17.5 Å². The van der Waals surface area contributed by atoms with E-state index in [-0.39, 0.29) is 17.9 Å². The van der Waals surface area contributed by atoms with Crippen molar-refractivity contribution in [1.29, 1.82) is 0 Å². The molecule has 0 unspecified atom stereocenters. The number of carbonyl (C=O) groups excluding carboxylic acids is 1. The molecule has 0 saturated carbocycles. The maximum Gasteiger partial charge on any atom is 0.203 e. The third-order valence-corrected chi connectivity index (χ3v) is 4.60. The minimum absolute atomic E-state index is 0.00383. The smallest absolute Gasteiger partial charge is 0.203 e. The fraction of sp³-hybridized carbons (Fsp3) is 0.238. The Kier molecular flexibility index (Phi) is 5.54. The van der Waals surface area contributed by atoms with Gasteiger partial charge in [-0.15, -0.1) is 0 Å². The van der Waals surface area contributed by atoms with Crippen molar-refractivity contribution in [3.63, 3.8) is 0 Å². The molecule has 0 aliphatic heterocycles. The number of rotatable bonds is 6. The quantitative estimate of drug-likeness (QED) is 0.607. The number of methoxy groups -OCH3 is 4. The number of Topliss-reactive ketones (excluding diaryl/α,β-unsaturated/α-hetero) is 1. The summed E-state index contributed by atoms with van der Waals surface area (Å²) >= 11 is 0. The van der Waals surface area contributed by atoms with Crippen molar-refractivity contribution in [2.24, 2.45) is 5.16 Å². The maximum atomic E-state index is 12.7. The molecule has 0 spiro atoms. The number of benzene rings is 2. The molecule has 28 heavy (non-hydrogen) atoms. The van der Waals surface area contributed by atoms with E-state index in [0.29, 0.717) is 45.3 Å². The van der Waals surface area contributed by atoms with E-state index in [4.69, 9.17) is 18.9 Å². The zero-order chi connectivity index (χ0) is 20.3. The molecule has 146 valence electrons. The van der Waals surface area contributed by atoms with E-state index in [9.17, 15) is 10.0 Å². The van der Waals surface area contributed by atoms with E-state index in [1.54, 1.807) is 43.5 Å². The Labute approximate surface area is 162 Å². The minimum atomic E-state index is -0.137. The Balaban J connectivity index is 2.27. The zero-order valence-corrected chi connectivity index (χ0v) is 16.1. The van der Waals surface area contributed by atoms with Crippen molar-refractivity contribution in [2.45, 2.75) is 6.42 Å². The predicted octanol–water partition coefficient (Wildman–Crippen LogP) is 3.43. The van der Waals surface area contributed by atoms with Crippen LogP contribution >= 0.6 is 0 Å². The Bertz CT molecular complexity index is 934. The van der Waals surface area contributed by atoms with Crippen LogP contribution in [0.2, 0.25) is 0 Å². The number of nitrogens with zero attached hydrogens (tertiary/aromatic N) is 1. The van der Waals surface area contributed by atoms with Gasteiger partial charge in [0.15, 0.2) is 17.3 Å². The van der Waals surface area contributed by atoms with E-state index >= 15 is 0 Å². The van der Waals surface area contributed by atoms with Crippen LogP contribution in [0.25, 0.3) is 11.1 Å². The highest BCUT2D eigenvalue weighted by Gasteiger charge is 2.32. The van der Waals surface area contributed by atoms with Crippen molar-refractivity contribution in [2.75, 3.05) is 28.4 Å². The third kappa shape index (κ3) is 3.26. The van der Waals surface area contributed by atoms with Gasteiger partial charge in [0.1, 0.15) is 5.75 Å². The van der Waals surface area contributed by atoms with Crippen molar-refractivity contribution < 1.29 is 28.9 Å². The van der Waals surface area contributed by atoms with Gasteiger partial charge in [0, 0.05) is 11.1 Å². The molecule has 0 radical (unpaired) electrons. The first-order valence-corrected chi connectivity index (χ1v) is 8.51. The van der Waals surface area contributed by atoms with Gasteiger partial charge < -0.3 is 24.2 Å². The number of allylic oxidation sites excluding steroid dienone is 2. The molecule has 0 saturated heterocycles. The summed E-state index contributed by atoms with van der Waals surface area (Å²) < 4.78 is 21.4. The van der Waals surface area contributed by atoms with Gasteiger partial charge in [0.05, 0.1) is 40.6 Å². The Morgan fingerprint density at radius 1 is 0.821 bits per heavy atom. The van der Waals surface area contributed by atoms with Crippen LogP contribution in [-0.4, -0.2) is 45.1 Å². The maximum absolute atomic E-state index is 12.7. The van der Waals surface area contributed by atoms with E-state index in [0.717, 1.165) is 0 Å². The molecule has 0 atom stereocenters. The number of carbonyl (C=O) groups is 1. The second-order valence-electron chi connectivity index (χ2n) is 6.04. The topological polar surface area (TPSA) is 86.6 Å². The summed E-state index contributed by atoms with van der Waals surface area (Å²) in [5.41, 5.74) is 2.60. The van der Waals surface area contributed by atoms with Crippen molar-refractivity contribution in [1.82, 2.24) is 0 Å². The highest BCUT2D eigenvalue weighted by molar-refractivity contribution is 6.52. The molecule has 7 heteroatoms. The van der Waals surface area contributed by atoms with Crippen molar-refractivity contribution in [3.05, 3.63) is 47.5 Å². The lowest BCUT2D eigenvalue weighted by molar-refractivity contribution is -0.112. The Morgan fingerprint density at radius 3 is 1.89 bits per heavy atom. The van der Waals surface area contributed by atoms with Crippen LogP contribution in [0.5, 0.6) is 23.0 Å². The monoisotopic (exact) mass is 383 g/mol. The fourth-order valence-corrected chi connectivity index (χ4v) is 3.30. The average molecular weight is 383 g/mol. The molecular formula is C21H21NO6. The number of hydrogen-bond donors (Lipinski definition) is 1. The molecule has 7 nitrogen and oxygen atoms in total. The molecule has 0 fully saturated rings. The van der Waals surface area contributed by atoms with E-state index < -0.39 is 0 Å². The summed E-state index contributed by atoms with van der Waals surface area (Å²) in [5, 5.41) is 12.9. The second kappa shape index (κ2) is 8.04. The Hall–Kier alpha value is -3.48. The third-order valence-electron chi connectivity index (χ3n) is 4.60. The van der Waals surface area contributed by atoms with Gasteiger partial charge in [-0.25, -0.2) is 0 Å². The normalized spacial score (nSPS) is 15.1. The lowest BCUT2D eigenvalue weighted by Crippen LogP contribution is -2.01. The van der Waals surface area contributed by atoms with Gasteiger partial charge in [-0.1, -0.05) is 17.3 Å². The molecule has 0 aromatic heterocycles. The van der Waals surface area contributed by atoms with Gasteiger partial charge in [0.2, 0.25) is 5.75 Å². The van der Waals surface area contributed by atoms with Gasteiger partial charge in [0.25, 0.3) is 0 Å². The zero-order valence-electron chi connectivity index (χ0n) is 16.1. The molecule has 1 N–H and O–H groups in total. The van der Waals surface area contributed by atoms with Crippen LogP contribution in [0.15, 0.2) is 41.6 Å². The standard InChI is InChI=1S/C21H21NO6/c1-25-14-7-5-12(6-8-14)20-16(23)11-15(22-24)19(20)13-9-17(26-2)21(28-4)18(10-13)27-3/h5-10,24H,11H2,1-4H3/b22-15+. The van der Waals surface area contributed by atoms with Crippen LogP contribution < -0.4 is 18.9 Å². The first-order chi connectivity index (χ1) is 13.6. The SMILES string of the molecule is COc1ccc(C2=C(c3cc(OC)c(OC)c(OC)c3)/C(=N/O)CC2=O)cc1. The van der Waals surface area contributed by atoms with Gasteiger partial charge in [-0.3, -0.25) is 4.79 Å². The second-order valence-corrected chi connectivity index (χ2v) is 6.04. The molecule has 0 bridgehead atoms. The van der Waals surface area contributed by atoms with Crippen LogP contribution in [0.4, 0.5) is 0 Å². The lowest BCUT2D eigenvalue weighted by Gasteiger charge is -2.15. The molecule has 2 aromatic carbocycles. The number of ketones is 1. The van der Waals surface area contributed by atoms with Gasteiger partial charge in [-0.05, 0) is 35.4 Å². The summed E-state index contributed by atoms with van der Waals surface area (Å²) in [6, 6.07) is 10.6. The highest BCUT2D eigenvalue weighted by atomic mass is 16.5. The summed E-state index contributed by atoms with van der Waals surface area (Å²) in [6.45, 7) is 0. The molecule has 2 aromatic rings. The predicted molar refractivity (Wildman–Crippen MR) is 105 cm³/mol. The number of ether oxygens (including phenoxy) is 4. The highest BCUT2D eigenvalue weighted by Crippen LogP contribution is 2.44. The summed E-state index contributed by atoms with van der Waals surface area (Å²) in [5.74, 6) is 1.86. The minimum Gasteiger partial charge on any atom is -0.497 e. The van der Waals surface area contributed by atoms with Crippen molar-refractivity contribution in [3.8, 4) is 23.0 Å². The van der Waals surface area contributed by atoms with E-state index in [1.807, 2.05) is 0 Å². The fourth-order valence-electron chi connectivity index (χ4n) is 3.30. The van der Waals surface area contributed by atoms with E-state index in [2.05, 4.69) is 5.16 Å². The van der Waals surface area contributed by atoms with Crippen LogP contribution in [0.3, 0.4) is 0 Å². The van der Waals surface area contributed by atoms with Crippen LogP contribution in [0, 0.1) is 0 Å². The first-order valence-electron chi connectivity index (χ1n) is 8.51. The largest absolute Gasteiger partial charge is 0.497 e. The number of hydrogen-bond acceptors (Lipinski definition) is 7.